The van der Waals surface area contributed by atoms with Gasteiger partial charge in [0.2, 0.25) is 0 Å². The van der Waals surface area contributed by atoms with Crippen molar-refractivity contribution in [2.45, 2.75) is 57.5 Å². The zero-order valence-corrected chi connectivity index (χ0v) is 17.5. The highest BCUT2D eigenvalue weighted by Gasteiger charge is 2.49. The fourth-order valence-electron chi connectivity index (χ4n) is 6.03. The van der Waals surface area contributed by atoms with Crippen LogP contribution >= 0.6 is 0 Å². The van der Waals surface area contributed by atoms with Crippen LogP contribution in [0.2, 0.25) is 0 Å². The predicted octanol–water partition coefficient (Wildman–Crippen LogP) is 3.57. The van der Waals surface area contributed by atoms with E-state index in [4.69, 9.17) is 0 Å². The summed E-state index contributed by atoms with van der Waals surface area (Å²) in [6.45, 7) is 5.94. The van der Waals surface area contributed by atoms with Gasteiger partial charge >= 0.3 is 0 Å². The molecule has 29 heavy (non-hydrogen) atoms. The van der Waals surface area contributed by atoms with Crippen molar-refractivity contribution in [2.75, 3.05) is 18.0 Å². The summed E-state index contributed by atoms with van der Waals surface area (Å²) in [5.74, 6) is 0.283. The van der Waals surface area contributed by atoms with Crippen LogP contribution < -0.4 is 4.90 Å². The largest absolute Gasteiger partial charge is 0.363 e. The molecule has 3 heterocycles. The Morgan fingerprint density at radius 1 is 1.28 bits per heavy atom. The van der Waals surface area contributed by atoms with E-state index in [1.54, 1.807) is 12.1 Å². The van der Waals surface area contributed by atoms with E-state index in [0.29, 0.717) is 17.7 Å². The van der Waals surface area contributed by atoms with Gasteiger partial charge in [-0.25, -0.2) is 4.39 Å². The first kappa shape index (κ1) is 18.6. The van der Waals surface area contributed by atoms with E-state index in [2.05, 4.69) is 23.8 Å². The second-order valence-corrected chi connectivity index (χ2v) is 9.48. The number of anilines is 1. The first-order chi connectivity index (χ1) is 13.8. The fraction of sp³-hybridized carbons (Fsp3) is 0.565. The van der Waals surface area contributed by atoms with Gasteiger partial charge < -0.3 is 9.80 Å². The smallest absolute Gasteiger partial charge is 0.274 e. The van der Waals surface area contributed by atoms with Crippen LogP contribution in [0.25, 0.3) is 0 Å². The van der Waals surface area contributed by atoms with Crippen molar-refractivity contribution in [1.82, 2.24) is 14.7 Å². The first-order valence-electron chi connectivity index (χ1n) is 10.7. The van der Waals surface area contributed by atoms with Gasteiger partial charge in [-0.15, -0.1) is 0 Å². The van der Waals surface area contributed by atoms with Crippen LogP contribution in [0.4, 0.5) is 10.1 Å². The number of rotatable bonds is 2. The van der Waals surface area contributed by atoms with Crippen molar-refractivity contribution in [2.24, 2.45) is 13.0 Å². The lowest BCUT2D eigenvalue weighted by Gasteiger charge is -2.41. The van der Waals surface area contributed by atoms with E-state index in [0.717, 1.165) is 56.4 Å². The standard InChI is InChI=1S/C23H29FN4O/c1-23(2)13-15-14-27(22(29)21-18-8-5-9-20(18)26(3)25-21)11-10-19(15)28(23)17-7-4-6-16(24)12-17/h4,6-7,12,15,19H,5,8-11,13-14H2,1-3H3/t15-,19+/m1/s1. The van der Waals surface area contributed by atoms with Crippen molar-refractivity contribution < 1.29 is 9.18 Å². The normalized spacial score (nSPS) is 25.2. The number of benzene rings is 1. The minimum atomic E-state index is -0.196. The molecule has 2 aromatic rings. The van der Waals surface area contributed by atoms with E-state index in [9.17, 15) is 9.18 Å². The summed E-state index contributed by atoms with van der Waals surface area (Å²) in [4.78, 5) is 17.7. The van der Waals surface area contributed by atoms with Gasteiger partial charge in [0.1, 0.15) is 5.82 Å². The molecule has 0 spiro atoms. The number of carbonyl (C=O) groups is 1. The molecule has 154 valence electrons. The molecule has 5 rings (SSSR count). The summed E-state index contributed by atoms with van der Waals surface area (Å²) in [5, 5.41) is 4.57. The summed E-state index contributed by atoms with van der Waals surface area (Å²) in [6.07, 6.45) is 5.00. The number of nitrogens with zero attached hydrogens (tertiary/aromatic N) is 4. The summed E-state index contributed by atoms with van der Waals surface area (Å²) in [6, 6.07) is 7.26. The van der Waals surface area contributed by atoms with Crippen molar-refractivity contribution in [3.8, 4) is 0 Å². The monoisotopic (exact) mass is 396 g/mol. The number of hydrogen-bond acceptors (Lipinski definition) is 3. The third-order valence-corrected chi connectivity index (χ3v) is 7.13. The maximum absolute atomic E-state index is 13.9. The number of piperidine rings is 1. The Labute approximate surface area is 171 Å². The van der Waals surface area contributed by atoms with E-state index < -0.39 is 0 Å². The van der Waals surface area contributed by atoms with Crippen LogP contribution in [-0.2, 0) is 19.9 Å². The number of amides is 1. The lowest BCUT2D eigenvalue weighted by Crippen LogP contribution is -2.50. The Hall–Kier alpha value is -2.37. The highest BCUT2D eigenvalue weighted by atomic mass is 19.1. The molecule has 1 aliphatic carbocycles. The van der Waals surface area contributed by atoms with Crippen molar-refractivity contribution in [3.63, 3.8) is 0 Å². The van der Waals surface area contributed by atoms with Crippen LogP contribution in [0.15, 0.2) is 24.3 Å². The van der Waals surface area contributed by atoms with Gasteiger partial charge in [0.25, 0.3) is 5.91 Å². The minimum Gasteiger partial charge on any atom is -0.363 e. The molecule has 1 amide bonds. The van der Waals surface area contributed by atoms with Crippen LogP contribution in [0, 0.1) is 11.7 Å². The second-order valence-electron chi connectivity index (χ2n) is 9.48. The molecule has 0 radical (unpaired) electrons. The minimum absolute atomic E-state index is 0.0611. The lowest BCUT2D eigenvalue weighted by atomic mass is 9.89. The molecule has 2 atom stereocenters. The van der Waals surface area contributed by atoms with Crippen LogP contribution in [0.5, 0.6) is 0 Å². The highest BCUT2D eigenvalue weighted by molar-refractivity contribution is 5.94. The average Bonchev–Trinajstić information content (AvgIpc) is 3.33. The van der Waals surface area contributed by atoms with Gasteiger partial charge in [-0.3, -0.25) is 9.48 Å². The topological polar surface area (TPSA) is 41.4 Å². The van der Waals surface area contributed by atoms with Crippen molar-refractivity contribution in [1.29, 1.82) is 0 Å². The molecule has 0 N–H and O–H groups in total. The van der Waals surface area contributed by atoms with Gasteiger partial charge in [0.05, 0.1) is 0 Å². The Morgan fingerprint density at radius 2 is 2.10 bits per heavy atom. The molecular formula is C23H29FN4O. The Balaban J connectivity index is 1.38. The van der Waals surface area contributed by atoms with Gasteiger partial charge in [-0.05, 0) is 70.1 Å². The summed E-state index contributed by atoms with van der Waals surface area (Å²) < 4.78 is 15.8. The third kappa shape index (κ3) is 2.95. The number of carbonyl (C=O) groups excluding carboxylic acids is 1. The third-order valence-electron chi connectivity index (χ3n) is 7.13. The van der Waals surface area contributed by atoms with Crippen LogP contribution in [0.1, 0.15) is 54.9 Å². The number of likely N-dealkylation sites (tertiary alicyclic amines) is 1. The molecular weight excluding hydrogens is 367 g/mol. The first-order valence-corrected chi connectivity index (χ1v) is 10.7. The Morgan fingerprint density at radius 3 is 2.90 bits per heavy atom. The summed E-state index contributed by atoms with van der Waals surface area (Å²) in [5.41, 5.74) is 3.94. The molecule has 2 aliphatic heterocycles. The predicted molar refractivity (Wildman–Crippen MR) is 111 cm³/mol. The highest BCUT2D eigenvalue weighted by Crippen LogP contribution is 2.45. The van der Waals surface area contributed by atoms with Gasteiger partial charge in [-0.1, -0.05) is 6.07 Å². The molecule has 3 aliphatic rings. The van der Waals surface area contributed by atoms with Gasteiger partial charge in [0.15, 0.2) is 5.69 Å². The summed E-state index contributed by atoms with van der Waals surface area (Å²) >= 11 is 0. The summed E-state index contributed by atoms with van der Waals surface area (Å²) in [7, 11) is 1.95. The average molecular weight is 397 g/mol. The molecule has 1 aromatic carbocycles. The quantitative estimate of drug-likeness (QED) is 0.779. The van der Waals surface area contributed by atoms with Crippen molar-refractivity contribution in [3.05, 3.63) is 47.0 Å². The maximum Gasteiger partial charge on any atom is 0.274 e. The molecule has 1 aromatic heterocycles. The van der Waals surface area contributed by atoms with E-state index in [1.807, 2.05) is 22.7 Å². The van der Waals surface area contributed by atoms with Crippen LogP contribution in [-0.4, -0.2) is 45.3 Å². The lowest BCUT2D eigenvalue weighted by molar-refractivity contribution is 0.0659. The molecule has 2 fully saturated rings. The van der Waals surface area contributed by atoms with Crippen LogP contribution in [0.3, 0.4) is 0 Å². The number of hydrogen-bond donors (Lipinski definition) is 0. The second kappa shape index (κ2) is 6.57. The fourth-order valence-corrected chi connectivity index (χ4v) is 6.03. The van der Waals surface area contributed by atoms with E-state index in [1.165, 1.54) is 11.8 Å². The zero-order chi connectivity index (χ0) is 20.3. The molecule has 0 saturated carbocycles. The number of aromatic nitrogens is 2. The molecule has 0 unspecified atom stereocenters. The molecule has 5 nitrogen and oxygen atoms in total. The SMILES string of the molecule is Cn1nc(C(=O)N2CC[C@H]3[C@@H](C2)CC(C)(C)N3c2cccc(F)c2)c2c1CCC2. The molecule has 2 saturated heterocycles. The van der Waals surface area contributed by atoms with Gasteiger partial charge in [-0.2, -0.15) is 5.10 Å². The van der Waals surface area contributed by atoms with E-state index >= 15 is 0 Å². The van der Waals surface area contributed by atoms with Crippen molar-refractivity contribution >= 4 is 11.6 Å². The van der Waals surface area contributed by atoms with Gasteiger partial charge in [0, 0.05) is 48.7 Å². The Bertz CT molecular complexity index is 966. The zero-order valence-electron chi connectivity index (χ0n) is 17.5. The molecule has 6 heteroatoms. The molecule has 0 bridgehead atoms. The number of fused-ring (bicyclic) bond motifs is 2. The number of halogens is 1. The Kier molecular flexibility index (Phi) is 4.23. The maximum atomic E-state index is 13.9. The van der Waals surface area contributed by atoms with E-state index in [-0.39, 0.29) is 17.3 Å². The number of aryl methyl sites for hydroxylation is 1.